The van der Waals surface area contributed by atoms with Crippen molar-refractivity contribution in [3.8, 4) is 0 Å². The van der Waals surface area contributed by atoms with Crippen molar-refractivity contribution in [3.05, 3.63) is 23.8 Å². The van der Waals surface area contributed by atoms with Crippen LogP contribution in [0.3, 0.4) is 0 Å². The Morgan fingerprint density at radius 3 is 3.18 bits per heavy atom. The summed E-state index contributed by atoms with van der Waals surface area (Å²) in [6.45, 7) is 1.95. The average Bonchev–Trinajstić information content (AvgIpc) is 2.30. The van der Waals surface area contributed by atoms with Crippen molar-refractivity contribution in [2.45, 2.75) is 19.4 Å². The number of carbonyl (C=O) groups excluding carboxylic acids is 1. The summed E-state index contributed by atoms with van der Waals surface area (Å²) in [7, 11) is 0. The lowest BCUT2D eigenvalue weighted by molar-refractivity contribution is -0.138. The molecule has 0 aromatic carbocycles. The Morgan fingerprint density at radius 1 is 1.64 bits per heavy atom. The lowest BCUT2D eigenvalue weighted by Gasteiger charge is -2.12. The van der Waals surface area contributed by atoms with Crippen molar-refractivity contribution in [3.63, 3.8) is 0 Å². The van der Waals surface area contributed by atoms with Gasteiger partial charge in [0.05, 0.1) is 0 Å². The van der Waals surface area contributed by atoms with Crippen LogP contribution in [-0.4, -0.2) is 12.1 Å². The van der Waals surface area contributed by atoms with Gasteiger partial charge in [0, 0.05) is 11.5 Å². The van der Waals surface area contributed by atoms with E-state index in [0.29, 0.717) is 5.92 Å². The first-order valence-corrected chi connectivity index (χ1v) is 3.87. The van der Waals surface area contributed by atoms with Gasteiger partial charge in [-0.05, 0) is 13.3 Å². The number of hydrogen-bond donors (Lipinski definition) is 0. The SMILES string of the molecule is CC1OC(=O)C2=CC=CCC21. The predicted molar refractivity (Wildman–Crippen MR) is 40.9 cm³/mol. The second-order valence-electron chi connectivity index (χ2n) is 3.00. The van der Waals surface area contributed by atoms with Gasteiger partial charge in [0.15, 0.2) is 0 Å². The van der Waals surface area contributed by atoms with Crippen LogP contribution in [0.1, 0.15) is 13.3 Å². The zero-order valence-electron chi connectivity index (χ0n) is 6.41. The minimum Gasteiger partial charge on any atom is -0.459 e. The zero-order valence-corrected chi connectivity index (χ0v) is 6.41. The lowest BCUT2D eigenvalue weighted by Crippen LogP contribution is -2.12. The largest absolute Gasteiger partial charge is 0.459 e. The van der Waals surface area contributed by atoms with Crippen molar-refractivity contribution in [2.75, 3.05) is 0 Å². The van der Waals surface area contributed by atoms with Gasteiger partial charge in [-0.25, -0.2) is 4.79 Å². The van der Waals surface area contributed by atoms with E-state index in [1.807, 2.05) is 19.1 Å². The van der Waals surface area contributed by atoms with Gasteiger partial charge in [-0.1, -0.05) is 18.2 Å². The third kappa shape index (κ3) is 0.897. The molecule has 1 heterocycles. The minimum absolute atomic E-state index is 0.0682. The van der Waals surface area contributed by atoms with Crippen LogP contribution >= 0.6 is 0 Å². The Kier molecular flexibility index (Phi) is 1.34. The molecule has 1 fully saturated rings. The maximum atomic E-state index is 11.1. The zero-order chi connectivity index (χ0) is 7.84. The van der Waals surface area contributed by atoms with Crippen LogP contribution in [-0.2, 0) is 9.53 Å². The molecule has 0 saturated carbocycles. The minimum atomic E-state index is -0.133. The summed E-state index contributed by atoms with van der Waals surface area (Å²) in [4.78, 5) is 11.1. The van der Waals surface area contributed by atoms with Gasteiger partial charge in [0.25, 0.3) is 0 Å². The van der Waals surface area contributed by atoms with Gasteiger partial charge in [-0.3, -0.25) is 0 Å². The monoisotopic (exact) mass is 150 g/mol. The van der Waals surface area contributed by atoms with Gasteiger partial charge in [0.2, 0.25) is 0 Å². The van der Waals surface area contributed by atoms with E-state index in [0.717, 1.165) is 12.0 Å². The standard InChI is InChI=1S/C9H10O2/c1-6-7-4-2-3-5-8(7)9(10)11-6/h2-3,5-7H,4H2,1H3. The Labute approximate surface area is 65.5 Å². The molecule has 2 aliphatic rings. The van der Waals surface area contributed by atoms with E-state index in [1.165, 1.54) is 0 Å². The fraction of sp³-hybridized carbons (Fsp3) is 0.444. The molecule has 0 radical (unpaired) electrons. The highest BCUT2D eigenvalue weighted by Crippen LogP contribution is 2.32. The quantitative estimate of drug-likeness (QED) is 0.488. The molecule has 2 heteroatoms. The Balaban J connectivity index is 2.34. The summed E-state index contributed by atoms with van der Waals surface area (Å²) in [6.07, 6.45) is 6.87. The van der Waals surface area contributed by atoms with Gasteiger partial charge in [-0.15, -0.1) is 0 Å². The number of fused-ring (bicyclic) bond motifs is 1. The van der Waals surface area contributed by atoms with Gasteiger partial charge in [0.1, 0.15) is 6.10 Å². The highest BCUT2D eigenvalue weighted by molar-refractivity contribution is 5.92. The molecule has 0 spiro atoms. The molecule has 1 aliphatic heterocycles. The first kappa shape index (κ1) is 6.65. The molecule has 1 aliphatic carbocycles. The van der Waals surface area contributed by atoms with Gasteiger partial charge < -0.3 is 4.74 Å². The van der Waals surface area contributed by atoms with E-state index >= 15 is 0 Å². The molecule has 2 unspecified atom stereocenters. The molecule has 2 nitrogen and oxygen atoms in total. The predicted octanol–water partition coefficient (Wildman–Crippen LogP) is 1.43. The normalized spacial score (nSPS) is 34.6. The fourth-order valence-electron chi connectivity index (χ4n) is 1.63. The number of rotatable bonds is 0. The smallest absolute Gasteiger partial charge is 0.334 e. The average molecular weight is 150 g/mol. The molecule has 0 N–H and O–H groups in total. The molecule has 58 valence electrons. The number of allylic oxidation sites excluding steroid dienone is 3. The first-order valence-electron chi connectivity index (χ1n) is 3.87. The molecule has 1 saturated heterocycles. The van der Waals surface area contributed by atoms with Crippen LogP contribution in [0.2, 0.25) is 0 Å². The Morgan fingerprint density at radius 2 is 2.45 bits per heavy atom. The van der Waals surface area contributed by atoms with E-state index in [1.54, 1.807) is 0 Å². The number of ether oxygens (including phenoxy) is 1. The molecule has 0 amide bonds. The number of esters is 1. The third-order valence-electron chi connectivity index (χ3n) is 2.30. The van der Waals surface area contributed by atoms with Crippen LogP contribution < -0.4 is 0 Å². The summed E-state index contributed by atoms with van der Waals surface area (Å²) in [5.74, 6) is 0.180. The highest BCUT2D eigenvalue weighted by atomic mass is 16.5. The van der Waals surface area contributed by atoms with E-state index in [9.17, 15) is 4.79 Å². The number of carbonyl (C=O) groups is 1. The Bertz CT molecular complexity index is 250. The summed E-state index contributed by atoms with van der Waals surface area (Å²) in [5, 5.41) is 0. The highest BCUT2D eigenvalue weighted by Gasteiger charge is 2.36. The molecule has 0 aromatic heterocycles. The molecule has 2 atom stereocenters. The van der Waals surface area contributed by atoms with Crippen molar-refractivity contribution >= 4 is 5.97 Å². The number of cyclic esters (lactones) is 1. The number of hydrogen-bond acceptors (Lipinski definition) is 2. The van der Waals surface area contributed by atoms with Gasteiger partial charge in [-0.2, -0.15) is 0 Å². The van der Waals surface area contributed by atoms with Crippen LogP contribution in [0.15, 0.2) is 23.8 Å². The molecular formula is C9H10O2. The Hall–Kier alpha value is -1.05. The maximum absolute atomic E-state index is 11.1. The van der Waals surface area contributed by atoms with Crippen molar-refractivity contribution in [2.24, 2.45) is 5.92 Å². The van der Waals surface area contributed by atoms with E-state index in [-0.39, 0.29) is 12.1 Å². The summed E-state index contributed by atoms with van der Waals surface area (Å²) in [6, 6.07) is 0. The summed E-state index contributed by atoms with van der Waals surface area (Å²) >= 11 is 0. The van der Waals surface area contributed by atoms with Crippen LogP contribution in [0, 0.1) is 5.92 Å². The molecule has 0 aromatic rings. The van der Waals surface area contributed by atoms with Crippen LogP contribution in [0.25, 0.3) is 0 Å². The summed E-state index contributed by atoms with van der Waals surface area (Å²) < 4.78 is 5.06. The van der Waals surface area contributed by atoms with Crippen LogP contribution in [0.5, 0.6) is 0 Å². The fourth-order valence-corrected chi connectivity index (χ4v) is 1.63. The van der Waals surface area contributed by atoms with E-state index in [4.69, 9.17) is 4.74 Å². The first-order chi connectivity index (χ1) is 5.29. The second-order valence-corrected chi connectivity index (χ2v) is 3.00. The molecule has 0 bridgehead atoms. The van der Waals surface area contributed by atoms with Crippen molar-refractivity contribution in [1.29, 1.82) is 0 Å². The van der Waals surface area contributed by atoms with Crippen molar-refractivity contribution in [1.82, 2.24) is 0 Å². The van der Waals surface area contributed by atoms with E-state index < -0.39 is 0 Å². The van der Waals surface area contributed by atoms with Gasteiger partial charge >= 0.3 is 5.97 Å². The van der Waals surface area contributed by atoms with Crippen LogP contribution in [0.4, 0.5) is 0 Å². The maximum Gasteiger partial charge on any atom is 0.334 e. The van der Waals surface area contributed by atoms with E-state index in [2.05, 4.69) is 6.08 Å². The third-order valence-corrected chi connectivity index (χ3v) is 2.30. The second kappa shape index (κ2) is 2.22. The van der Waals surface area contributed by atoms with Crippen molar-refractivity contribution < 1.29 is 9.53 Å². The molecular weight excluding hydrogens is 140 g/mol. The topological polar surface area (TPSA) is 26.3 Å². The molecule has 2 rings (SSSR count). The summed E-state index contributed by atoms with van der Waals surface area (Å²) in [5.41, 5.74) is 0.847. The lowest BCUT2D eigenvalue weighted by atomic mass is 9.90. The molecule has 11 heavy (non-hydrogen) atoms.